The van der Waals surface area contributed by atoms with Gasteiger partial charge in [0.05, 0.1) is 5.70 Å². The molecule has 1 rings (SSSR count). The van der Waals surface area contributed by atoms with Gasteiger partial charge in [0.2, 0.25) is 0 Å². The third-order valence-corrected chi connectivity index (χ3v) is 4.03. The lowest BCUT2D eigenvalue weighted by Crippen LogP contribution is -2.24. The topological polar surface area (TPSA) is 12.0 Å². The minimum atomic E-state index is -1.39. The molecule has 21 heavy (non-hydrogen) atoms. The molecule has 1 N–H and O–H groups in total. The number of nitrogens with one attached hydrogen (secondary N) is 1. The van der Waals surface area contributed by atoms with Crippen molar-refractivity contribution in [1.82, 2.24) is 5.32 Å². The molecular formula is C19H24FN. The van der Waals surface area contributed by atoms with E-state index in [1.807, 2.05) is 39.0 Å². The average molecular weight is 285 g/mol. The molecule has 2 heteroatoms. The quantitative estimate of drug-likeness (QED) is 0.616. The molecule has 0 fully saturated rings. The highest BCUT2D eigenvalue weighted by atomic mass is 19.1. The van der Waals surface area contributed by atoms with Gasteiger partial charge in [-0.05, 0) is 42.5 Å². The molecule has 0 saturated heterocycles. The van der Waals surface area contributed by atoms with E-state index in [0.717, 1.165) is 16.7 Å². The molecule has 0 aliphatic heterocycles. The first kappa shape index (κ1) is 17.0. The van der Waals surface area contributed by atoms with E-state index in [4.69, 9.17) is 6.42 Å². The minimum Gasteiger partial charge on any atom is -0.381 e. The molecule has 0 heterocycles. The molecule has 1 unspecified atom stereocenters. The summed E-state index contributed by atoms with van der Waals surface area (Å²) >= 11 is 0. The summed E-state index contributed by atoms with van der Waals surface area (Å²) in [5.74, 6) is 2.49. The molecule has 1 aromatic rings. The van der Waals surface area contributed by atoms with Gasteiger partial charge in [-0.1, -0.05) is 44.6 Å². The van der Waals surface area contributed by atoms with Gasteiger partial charge in [0.1, 0.15) is 5.67 Å². The summed E-state index contributed by atoms with van der Waals surface area (Å²) < 4.78 is 15.0. The van der Waals surface area contributed by atoms with Gasteiger partial charge < -0.3 is 5.32 Å². The lowest BCUT2D eigenvalue weighted by molar-refractivity contribution is 0.122. The van der Waals surface area contributed by atoms with Crippen LogP contribution >= 0.6 is 0 Å². The molecule has 112 valence electrons. The fourth-order valence-electron chi connectivity index (χ4n) is 2.28. The molecular weight excluding hydrogens is 261 g/mol. The molecule has 0 aliphatic rings. The van der Waals surface area contributed by atoms with E-state index in [1.54, 1.807) is 20.0 Å². The van der Waals surface area contributed by atoms with Crippen LogP contribution in [0, 0.1) is 25.2 Å². The summed E-state index contributed by atoms with van der Waals surface area (Å²) in [5.41, 5.74) is 2.57. The Labute approximate surface area is 128 Å². The number of aryl methyl sites for hydroxylation is 1. The van der Waals surface area contributed by atoms with E-state index < -0.39 is 5.67 Å². The van der Waals surface area contributed by atoms with Gasteiger partial charge in [-0.25, -0.2) is 4.39 Å². The molecule has 0 radical (unpaired) electrons. The van der Waals surface area contributed by atoms with Gasteiger partial charge in [0, 0.05) is 12.6 Å². The number of hydrogen-bond acceptors (Lipinski definition) is 1. The fourth-order valence-corrected chi connectivity index (χ4v) is 2.28. The second-order valence-corrected chi connectivity index (χ2v) is 5.65. The first-order valence-corrected chi connectivity index (χ1v) is 7.11. The number of halogens is 1. The maximum absolute atomic E-state index is 15.0. The zero-order chi connectivity index (χ0) is 16.2. The average Bonchev–Trinajstić information content (AvgIpc) is 2.45. The zero-order valence-corrected chi connectivity index (χ0v) is 13.5. The highest BCUT2D eigenvalue weighted by molar-refractivity contribution is 5.79. The van der Waals surface area contributed by atoms with Crippen LogP contribution in [0.15, 0.2) is 36.6 Å². The van der Waals surface area contributed by atoms with Crippen molar-refractivity contribution >= 4 is 5.57 Å². The van der Waals surface area contributed by atoms with Crippen LogP contribution < -0.4 is 5.32 Å². The van der Waals surface area contributed by atoms with Crippen molar-refractivity contribution < 1.29 is 4.39 Å². The highest BCUT2D eigenvalue weighted by Crippen LogP contribution is 2.37. The summed E-state index contributed by atoms with van der Waals surface area (Å²) in [6, 6.07) is 5.75. The van der Waals surface area contributed by atoms with Crippen LogP contribution in [0.2, 0.25) is 0 Å². The standard InChI is InChI=1S/C19H24FN/c1-8-16(18(9-2)21-7)15-11-10-14(5)17(12-15)19(6,20)13(3)4/h2,8,10-13,21H,1H2,3-7H3/b18-16+. The van der Waals surface area contributed by atoms with Crippen molar-refractivity contribution in [1.29, 1.82) is 0 Å². The van der Waals surface area contributed by atoms with Crippen molar-refractivity contribution in [2.24, 2.45) is 5.92 Å². The number of alkyl halides is 1. The third-order valence-electron chi connectivity index (χ3n) is 4.03. The second kappa shape index (κ2) is 6.63. The molecule has 0 spiro atoms. The SMILES string of the molecule is C#C/C(NC)=C(/C=C)c1ccc(C)c(C(C)(F)C(C)C)c1. The van der Waals surface area contributed by atoms with E-state index in [2.05, 4.69) is 17.8 Å². The Hall–Kier alpha value is -2.01. The van der Waals surface area contributed by atoms with Crippen LogP contribution in [-0.4, -0.2) is 7.05 Å². The molecule has 0 amide bonds. The number of terminal acetylenes is 1. The predicted molar refractivity (Wildman–Crippen MR) is 89.5 cm³/mol. The fraction of sp³-hybridized carbons (Fsp3) is 0.368. The van der Waals surface area contributed by atoms with Crippen LogP contribution in [0.3, 0.4) is 0 Å². The summed E-state index contributed by atoms with van der Waals surface area (Å²) in [6.45, 7) is 11.1. The zero-order valence-electron chi connectivity index (χ0n) is 13.5. The van der Waals surface area contributed by atoms with Gasteiger partial charge in [0.15, 0.2) is 0 Å². The van der Waals surface area contributed by atoms with Crippen LogP contribution in [0.25, 0.3) is 5.57 Å². The lowest BCUT2D eigenvalue weighted by atomic mass is 9.83. The van der Waals surface area contributed by atoms with E-state index in [0.29, 0.717) is 11.3 Å². The van der Waals surface area contributed by atoms with Gasteiger partial charge in [-0.2, -0.15) is 0 Å². The summed E-state index contributed by atoms with van der Waals surface area (Å²) in [7, 11) is 1.77. The smallest absolute Gasteiger partial charge is 0.135 e. The van der Waals surface area contributed by atoms with Crippen LogP contribution in [0.4, 0.5) is 4.39 Å². The van der Waals surface area contributed by atoms with Crippen LogP contribution in [0.5, 0.6) is 0 Å². The van der Waals surface area contributed by atoms with Gasteiger partial charge in [-0.3, -0.25) is 0 Å². The monoisotopic (exact) mass is 285 g/mol. The van der Waals surface area contributed by atoms with Crippen molar-refractivity contribution in [2.75, 3.05) is 7.05 Å². The largest absolute Gasteiger partial charge is 0.381 e. The van der Waals surface area contributed by atoms with E-state index in [9.17, 15) is 0 Å². The molecule has 1 nitrogen and oxygen atoms in total. The maximum atomic E-state index is 15.0. The summed E-state index contributed by atoms with van der Waals surface area (Å²) in [6.07, 6.45) is 7.21. The minimum absolute atomic E-state index is 0.112. The normalized spacial score (nSPS) is 15.0. The Morgan fingerprint density at radius 1 is 1.48 bits per heavy atom. The maximum Gasteiger partial charge on any atom is 0.135 e. The molecule has 0 aromatic heterocycles. The highest BCUT2D eigenvalue weighted by Gasteiger charge is 2.31. The molecule has 1 aromatic carbocycles. The number of benzene rings is 1. The van der Waals surface area contributed by atoms with Gasteiger partial charge in [-0.15, -0.1) is 6.42 Å². The van der Waals surface area contributed by atoms with Gasteiger partial charge >= 0.3 is 0 Å². The van der Waals surface area contributed by atoms with Crippen LogP contribution in [0.1, 0.15) is 37.5 Å². The van der Waals surface area contributed by atoms with Crippen molar-refractivity contribution in [2.45, 2.75) is 33.4 Å². The Balaban J connectivity index is 3.54. The summed E-state index contributed by atoms with van der Waals surface area (Å²) in [5, 5.41) is 2.98. The predicted octanol–water partition coefficient (Wildman–Crippen LogP) is 4.59. The number of rotatable bonds is 5. The van der Waals surface area contributed by atoms with Crippen LogP contribution in [-0.2, 0) is 5.67 Å². The number of allylic oxidation sites excluding steroid dienone is 3. The summed E-state index contributed by atoms with van der Waals surface area (Å²) in [4.78, 5) is 0. The van der Waals surface area contributed by atoms with Gasteiger partial charge in [0.25, 0.3) is 0 Å². The second-order valence-electron chi connectivity index (χ2n) is 5.65. The first-order valence-electron chi connectivity index (χ1n) is 7.11. The first-order chi connectivity index (χ1) is 9.79. The Morgan fingerprint density at radius 2 is 2.10 bits per heavy atom. The third kappa shape index (κ3) is 3.36. The molecule has 0 saturated carbocycles. The van der Waals surface area contributed by atoms with E-state index in [-0.39, 0.29) is 5.92 Å². The van der Waals surface area contributed by atoms with E-state index >= 15 is 4.39 Å². The number of hydrogen-bond donors (Lipinski definition) is 1. The molecule has 0 bridgehead atoms. The molecule has 0 aliphatic carbocycles. The molecule has 1 atom stereocenters. The van der Waals surface area contributed by atoms with E-state index in [1.165, 1.54) is 0 Å². The van der Waals surface area contributed by atoms with Crippen molar-refractivity contribution in [3.05, 3.63) is 53.2 Å². The Bertz CT molecular complexity index is 600. The van der Waals surface area contributed by atoms with Crippen molar-refractivity contribution in [3.63, 3.8) is 0 Å². The lowest BCUT2D eigenvalue weighted by Gasteiger charge is -2.27. The van der Waals surface area contributed by atoms with Crippen molar-refractivity contribution in [3.8, 4) is 12.3 Å². The Kier molecular flexibility index (Phi) is 5.38. The Morgan fingerprint density at radius 3 is 2.52 bits per heavy atom.